The van der Waals surface area contributed by atoms with E-state index < -0.39 is 23.1 Å². The lowest BCUT2D eigenvalue weighted by molar-refractivity contribution is -0.168. The van der Waals surface area contributed by atoms with E-state index in [-0.39, 0.29) is 18.0 Å². The van der Waals surface area contributed by atoms with E-state index in [0.717, 1.165) is 17.7 Å². The fourth-order valence-electron chi connectivity index (χ4n) is 7.26. The summed E-state index contributed by atoms with van der Waals surface area (Å²) in [5.74, 6) is 0.298. The van der Waals surface area contributed by atoms with E-state index in [1.807, 2.05) is 31.3 Å². The molecule has 0 saturated carbocycles. The molecule has 2 N–H and O–H groups in total. The molecule has 7 rings (SSSR count). The number of aromatic carboxylic acids is 1. The smallest absolute Gasteiger partial charge is 0.336 e. The first-order valence-corrected chi connectivity index (χ1v) is 11.3. The molecule has 33 heavy (non-hydrogen) atoms. The number of para-hydroxylation sites is 1. The summed E-state index contributed by atoms with van der Waals surface area (Å²) in [5.41, 5.74) is 2.37. The maximum absolute atomic E-state index is 12.6. The quantitative estimate of drug-likeness (QED) is 0.628. The summed E-state index contributed by atoms with van der Waals surface area (Å²) >= 11 is 0. The fourth-order valence-corrected chi connectivity index (χ4v) is 7.26. The highest BCUT2D eigenvalue weighted by atomic mass is 16.5. The number of hydrogen-bond acceptors (Lipinski definition) is 6. The highest BCUT2D eigenvalue weighted by Crippen LogP contribution is 2.68. The monoisotopic (exact) mass is 444 g/mol. The SMILES string of the molecule is COc1ccc2c3c1OC1c4nc5ccccc5c(C(=O)O)c4CC4(O)[C@H](C2)N(C)CC[C@]314. The van der Waals surface area contributed by atoms with Gasteiger partial charge in [-0.3, -0.25) is 0 Å². The molecule has 3 aromatic rings. The lowest BCUT2D eigenvalue weighted by atomic mass is 9.48. The largest absolute Gasteiger partial charge is 0.493 e. The average Bonchev–Trinajstić information content (AvgIpc) is 3.15. The van der Waals surface area contributed by atoms with Gasteiger partial charge >= 0.3 is 5.97 Å². The summed E-state index contributed by atoms with van der Waals surface area (Å²) in [7, 11) is 3.66. The Morgan fingerprint density at radius 1 is 1.27 bits per heavy atom. The molecule has 7 nitrogen and oxygen atoms in total. The molecule has 1 spiro atoms. The number of nitrogens with zero attached hydrogens (tertiary/aromatic N) is 2. The van der Waals surface area contributed by atoms with Crippen LogP contribution in [0.4, 0.5) is 0 Å². The van der Waals surface area contributed by atoms with Crippen LogP contribution in [0.3, 0.4) is 0 Å². The molecule has 0 amide bonds. The lowest BCUT2D eigenvalue weighted by Gasteiger charge is -2.62. The fraction of sp³-hybridized carbons (Fsp3) is 0.385. The van der Waals surface area contributed by atoms with Crippen molar-refractivity contribution in [2.75, 3.05) is 20.7 Å². The predicted octanol–water partition coefficient (Wildman–Crippen LogP) is 2.86. The zero-order valence-corrected chi connectivity index (χ0v) is 18.5. The topological polar surface area (TPSA) is 92.1 Å². The van der Waals surface area contributed by atoms with Crippen molar-refractivity contribution in [3.63, 3.8) is 0 Å². The van der Waals surface area contributed by atoms with Gasteiger partial charge < -0.3 is 24.6 Å². The highest BCUT2D eigenvalue weighted by Gasteiger charge is 2.72. The minimum Gasteiger partial charge on any atom is -0.493 e. The number of benzene rings is 2. The number of hydrogen-bond donors (Lipinski definition) is 2. The number of rotatable bonds is 2. The number of carboxylic acid groups (broad SMARTS) is 1. The lowest BCUT2D eigenvalue weighted by Crippen LogP contribution is -2.74. The van der Waals surface area contributed by atoms with Crippen molar-refractivity contribution < 1.29 is 24.5 Å². The van der Waals surface area contributed by atoms with Gasteiger partial charge in [-0.1, -0.05) is 24.3 Å². The third-order valence-electron chi connectivity index (χ3n) is 8.62. The Kier molecular flexibility index (Phi) is 3.54. The normalized spacial score (nSPS) is 31.0. The number of carbonyl (C=O) groups is 1. The first-order valence-electron chi connectivity index (χ1n) is 11.3. The highest BCUT2D eigenvalue weighted by molar-refractivity contribution is 6.04. The van der Waals surface area contributed by atoms with E-state index in [9.17, 15) is 15.0 Å². The third kappa shape index (κ3) is 2.04. The second-order valence-corrected chi connectivity index (χ2v) is 9.82. The van der Waals surface area contributed by atoms with E-state index in [1.54, 1.807) is 13.2 Å². The number of aromatic nitrogens is 1. The maximum Gasteiger partial charge on any atom is 0.336 e. The number of carboxylic acids is 1. The van der Waals surface area contributed by atoms with Gasteiger partial charge in [-0.15, -0.1) is 0 Å². The summed E-state index contributed by atoms with van der Waals surface area (Å²) in [4.78, 5) is 19.7. The van der Waals surface area contributed by atoms with Crippen molar-refractivity contribution in [1.82, 2.24) is 9.88 Å². The average molecular weight is 444 g/mol. The minimum atomic E-state index is -1.18. The molecule has 2 aliphatic heterocycles. The van der Waals surface area contributed by atoms with E-state index in [2.05, 4.69) is 11.0 Å². The van der Waals surface area contributed by atoms with Crippen LogP contribution in [0.5, 0.6) is 11.5 Å². The van der Waals surface area contributed by atoms with E-state index in [0.29, 0.717) is 46.5 Å². The van der Waals surface area contributed by atoms with Crippen LogP contribution < -0.4 is 9.47 Å². The van der Waals surface area contributed by atoms with Gasteiger partial charge in [-0.05, 0) is 49.7 Å². The molecule has 168 valence electrons. The number of methoxy groups -OCH3 is 1. The maximum atomic E-state index is 12.6. The predicted molar refractivity (Wildman–Crippen MR) is 120 cm³/mol. The van der Waals surface area contributed by atoms with Crippen molar-refractivity contribution in [1.29, 1.82) is 0 Å². The van der Waals surface area contributed by atoms with Crippen LogP contribution in [0.15, 0.2) is 36.4 Å². The van der Waals surface area contributed by atoms with Gasteiger partial charge in [0.15, 0.2) is 17.6 Å². The van der Waals surface area contributed by atoms with Crippen LogP contribution in [0.1, 0.15) is 45.3 Å². The first kappa shape index (κ1) is 19.3. The Morgan fingerprint density at radius 2 is 2.09 bits per heavy atom. The van der Waals surface area contributed by atoms with Crippen LogP contribution in [-0.4, -0.2) is 58.4 Å². The molecule has 2 aliphatic carbocycles. The molecule has 2 unspecified atom stereocenters. The summed E-state index contributed by atoms with van der Waals surface area (Å²) in [6.45, 7) is 0.817. The van der Waals surface area contributed by atoms with Gasteiger partial charge in [-0.2, -0.15) is 0 Å². The van der Waals surface area contributed by atoms with Crippen LogP contribution in [0.25, 0.3) is 10.9 Å². The number of piperidine rings is 1. The van der Waals surface area contributed by atoms with Crippen LogP contribution in [0, 0.1) is 0 Å². The van der Waals surface area contributed by atoms with Crippen molar-refractivity contribution in [3.8, 4) is 11.5 Å². The van der Waals surface area contributed by atoms with Gasteiger partial charge in [0.25, 0.3) is 0 Å². The zero-order chi connectivity index (χ0) is 22.7. The van der Waals surface area contributed by atoms with E-state index in [4.69, 9.17) is 14.5 Å². The number of ether oxygens (including phenoxy) is 2. The standard InChI is InChI=1S/C26H24N2O5/c1-28-10-9-25-20-13-7-8-17(32-2)22(20)33-23(25)21-15(12-26(25,31)18(28)11-13)19(24(29)30)14-5-3-4-6-16(14)27-21/h3-8,18,23,31H,9-12H2,1-2H3,(H,29,30)/t18-,23?,25-,26?/m0/s1. The molecule has 2 aromatic carbocycles. The number of likely N-dealkylation sites (tertiary alicyclic amines) is 1. The number of pyridine rings is 1. The minimum absolute atomic E-state index is 0.148. The summed E-state index contributed by atoms with van der Waals surface area (Å²) in [6.07, 6.45) is 1.03. The summed E-state index contributed by atoms with van der Waals surface area (Å²) < 4.78 is 12.3. The van der Waals surface area contributed by atoms with Crippen LogP contribution >= 0.6 is 0 Å². The molecule has 4 aliphatic rings. The number of fused-ring (bicyclic) bond motifs is 3. The first-order chi connectivity index (χ1) is 15.9. The van der Waals surface area contributed by atoms with Gasteiger partial charge in [0, 0.05) is 23.4 Å². The van der Waals surface area contributed by atoms with E-state index in [1.165, 1.54) is 0 Å². The summed E-state index contributed by atoms with van der Waals surface area (Å²) in [5, 5.41) is 23.4. The molecule has 0 radical (unpaired) electrons. The second kappa shape index (κ2) is 6.04. The molecule has 2 bridgehead atoms. The van der Waals surface area contributed by atoms with Crippen molar-refractivity contribution in [2.24, 2.45) is 0 Å². The van der Waals surface area contributed by atoms with Crippen molar-refractivity contribution in [2.45, 2.75) is 42.4 Å². The van der Waals surface area contributed by atoms with Gasteiger partial charge in [0.2, 0.25) is 0 Å². The molecule has 1 saturated heterocycles. The van der Waals surface area contributed by atoms with Crippen molar-refractivity contribution in [3.05, 3.63) is 64.3 Å². The number of likely N-dealkylation sites (N-methyl/N-ethyl adjacent to an activating group) is 1. The van der Waals surface area contributed by atoms with Crippen LogP contribution in [0.2, 0.25) is 0 Å². The molecular formula is C26H24N2O5. The van der Waals surface area contributed by atoms with E-state index >= 15 is 0 Å². The summed E-state index contributed by atoms with van der Waals surface area (Å²) in [6, 6.07) is 11.2. The van der Waals surface area contributed by atoms with Gasteiger partial charge in [0.05, 0.1) is 34.9 Å². The zero-order valence-electron chi connectivity index (χ0n) is 18.5. The number of aliphatic hydroxyl groups is 1. The Bertz CT molecular complexity index is 1390. The van der Waals surface area contributed by atoms with Gasteiger partial charge in [-0.25, -0.2) is 9.78 Å². The molecule has 7 heteroatoms. The molecule has 1 aromatic heterocycles. The Labute approximate surface area is 190 Å². The molecular weight excluding hydrogens is 420 g/mol. The Balaban J connectivity index is 1.61. The molecule has 1 fully saturated rings. The third-order valence-corrected chi connectivity index (χ3v) is 8.62. The Morgan fingerprint density at radius 3 is 2.88 bits per heavy atom. The second-order valence-electron chi connectivity index (χ2n) is 9.82. The van der Waals surface area contributed by atoms with Crippen LogP contribution in [-0.2, 0) is 18.3 Å². The molecule has 3 heterocycles. The molecule has 4 atom stereocenters. The Hall–Kier alpha value is -3.16. The van der Waals surface area contributed by atoms with Crippen molar-refractivity contribution >= 4 is 16.9 Å². The van der Waals surface area contributed by atoms with Gasteiger partial charge in [0.1, 0.15) is 0 Å².